The number of carbonyl (C=O) groups excluding carboxylic acids is 2. The van der Waals surface area contributed by atoms with Gasteiger partial charge in [-0.3, -0.25) is 9.59 Å². The Morgan fingerprint density at radius 2 is 1.15 bits per heavy atom. The first-order valence-electron chi connectivity index (χ1n) is 6.86. The first-order valence-corrected chi connectivity index (χ1v) is 6.86. The molecule has 0 spiro atoms. The van der Waals surface area contributed by atoms with Crippen LogP contribution in [0, 0.1) is 11.8 Å². The molecule has 6 heteroatoms. The zero-order valence-electron chi connectivity index (χ0n) is 12.3. The van der Waals surface area contributed by atoms with Crippen molar-refractivity contribution in [3.8, 4) is 0 Å². The minimum atomic E-state index is -1.16. The van der Waals surface area contributed by atoms with E-state index in [-0.39, 0.29) is 0 Å². The first-order chi connectivity index (χ1) is 9.00. The van der Waals surface area contributed by atoms with Crippen LogP contribution < -0.4 is 0 Å². The highest BCUT2D eigenvalue weighted by Crippen LogP contribution is 2.38. The van der Waals surface area contributed by atoms with Gasteiger partial charge in [0.2, 0.25) is 0 Å². The minimum Gasteiger partial charge on any atom is -0.458 e. The number of ether oxygens (including phenoxy) is 2. The Hall–Kier alpha value is -1.14. The van der Waals surface area contributed by atoms with Crippen LogP contribution in [0.5, 0.6) is 0 Å². The fourth-order valence-corrected chi connectivity index (χ4v) is 2.82. The lowest BCUT2D eigenvalue weighted by Gasteiger charge is -2.22. The van der Waals surface area contributed by atoms with Gasteiger partial charge < -0.3 is 19.7 Å². The second kappa shape index (κ2) is 4.70. The van der Waals surface area contributed by atoms with E-state index in [9.17, 15) is 19.8 Å². The zero-order chi connectivity index (χ0) is 15.3. The third-order valence-electron chi connectivity index (χ3n) is 4.16. The van der Waals surface area contributed by atoms with Crippen molar-refractivity contribution in [3.63, 3.8) is 0 Å². The van der Waals surface area contributed by atoms with Gasteiger partial charge in [0.1, 0.15) is 12.2 Å². The summed E-state index contributed by atoms with van der Waals surface area (Å²) in [6.07, 6.45) is -0.456. The molecule has 0 amide bonds. The molecule has 2 rings (SSSR count). The van der Waals surface area contributed by atoms with E-state index in [0.717, 1.165) is 0 Å². The number of rotatable bonds is 3. The van der Waals surface area contributed by atoms with Crippen LogP contribution in [0.25, 0.3) is 0 Å². The van der Waals surface area contributed by atoms with Gasteiger partial charge in [-0.15, -0.1) is 0 Å². The molecule has 2 heterocycles. The molecule has 2 aliphatic heterocycles. The summed E-state index contributed by atoms with van der Waals surface area (Å²) in [5.74, 6) is -2.17. The van der Waals surface area contributed by atoms with Crippen LogP contribution in [-0.4, -0.2) is 45.6 Å². The molecular weight excluding hydrogens is 264 g/mol. The van der Waals surface area contributed by atoms with E-state index in [2.05, 4.69) is 0 Å². The zero-order valence-corrected chi connectivity index (χ0v) is 12.3. The fraction of sp³-hybridized carbons (Fsp3) is 0.857. The summed E-state index contributed by atoms with van der Waals surface area (Å²) in [7, 11) is 0. The van der Waals surface area contributed by atoms with E-state index in [0.29, 0.717) is 12.8 Å². The van der Waals surface area contributed by atoms with Crippen molar-refractivity contribution < 1.29 is 29.3 Å². The number of esters is 2. The van der Waals surface area contributed by atoms with Crippen molar-refractivity contribution in [1.29, 1.82) is 0 Å². The van der Waals surface area contributed by atoms with Gasteiger partial charge >= 0.3 is 11.9 Å². The molecule has 4 atom stereocenters. The van der Waals surface area contributed by atoms with Gasteiger partial charge in [0, 0.05) is 12.8 Å². The standard InChI is InChI=1S/C14H22O6/c1-13(2,17)7-5-9(19-11(7)15)10-6-8(12(16)20-10)14(3,4)18/h7-10,17-18H,5-6H2,1-4H3/t7-,8-,9+,10+/m1/s1. The molecule has 0 aromatic heterocycles. The van der Waals surface area contributed by atoms with Crippen molar-refractivity contribution in [1.82, 2.24) is 0 Å². The Morgan fingerprint density at radius 1 is 0.850 bits per heavy atom. The highest BCUT2D eigenvalue weighted by atomic mass is 16.6. The van der Waals surface area contributed by atoms with Gasteiger partial charge in [-0.1, -0.05) is 0 Å². The van der Waals surface area contributed by atoms with Gasteiger partial charge in [0.15, 0.2) is 0 Å². The summed E-state index contributed by atoms with van der Waals surface area (Å²) in [5, 5.41) is 19.9. The van der Waals surface area contributed by atoms with E-state index < -0.39 is 47.2 Å². The molecule has 20 heavy (non-hydrogen) atoms. The number of cyclic esters (lactones) is 2. The van der Waals surface area contributed by atoms with Crippen molar-refractivity contribution in [2.75, 3.05) is 0 Å². The van der Waals surface area contributed by atoms with Crippen molar-refractivity contribution in [3.05, 3.63) is 0 Å². The normalized spacial score (nSPS) is 35.1. The van der Waals surface area contributed by atoms with Crippen LogP contribution in [-0.2, 0) is 19.1 Å². The Labute approximate surface area is 118 Å². The Morgan fingerprint density at radius 3 is 1.35 bits per heavy atom. The SMILES string of the molecule is CC(C)(O)[C@@H]1C[C@@H]([C@@H]2C[C@@H](C(C)(C)O)C(=O)O2)OC1=O. The van der Waals surface area contributed by atoms with Crippen LogP contribution in [0.1, 0.15) is 40.5 Å². The molecule has 0 unspecified atom stereocenters. The van der Waals surface area contributed by atoms with Crippen molar-refractivity contribution in [2.24, 2.45) is 11.8 Å². The molecule has 0 radical (unpaired) electrons. The smallest absolute Gasteiger partial charge is 0.312 e. The largest absolute Gasteiger partial charge is 0.458 e. The first kappa shape index (κ1) is 15.3. The monoisotopic (exact) mass is 286 g/mol. The molecule has 0 bridgehead atoms. The molecule has 0 saturated carbocycles. The van der Waals surface area contributed by atoms with Gasteiger partial charge in [0.05, 0.1) is 23.0 Å². The predicted octanol–water partition coefficient (Wildman–Crippen LogP) is 0.392. The van der Waals surface area contributed by atoms with Gasteiger partial charge in [-0.05, 0) is 27.7 Å². The number of hydrogen-bond donors (Lipinski definition) is 2. The molecule has 2 fully saturated rings. The molecule has 2 aliphatic rings. The summed E-state index contributed by atoms with van der Waals surface area (Å²) >= 11 is 0. The summed E-state index contributed by atoms with van der Waals surface area (Å²) in [5.41, 5.74) is -2.33. The lowest BCUT2D eigenvalue weighted by atomic mass is 9.84. The molecule has 6 nitrogen and oxygen atoms in total. The van der Waals surface area contributed by atoms with Gasteiger partial charge in [-0.25, -0.2) is 0 Å². The molecule has 0 aliphatic carbocycles. The Kier molecular flexibility index (Phi) is 3.59. The van der Waals surface area contributed by atoms with E-state index in [4.69, 9.17) is 9.47 Å². The summed E-state index contributed by atoms with van der Waals surface area (Å²) in [6, 6.07) is 0. The summed E-state index contributed by atoms with van der Waals surface area (Å²) in [4.78, 5) is 23.6. The average Bonchev–Trinajstić information content (AvgIpc) is 2.79. The Balaban J connectivity index is 2.05. The molecule has 2 saturated heterocycles. The highest BCUT2D eigenvalue weighted by molar-refractivity contribution is 5.78. The third kappa shape index (κ3) is 2.81. The average molecular weight is 286 g/mol. The van der Waals surface area contributed by atoms with E-state index in [1.165, 1.54) is 0 Å². The van der Waals surface area contributed by atoms with Crippen LogP contribution in [0.4, 0.5) is 0 Å². The Bertz CT molecular complexity index is 376. The van der Waals surface area contributed by atoms with Crippen LogP contribution in [0.15, 0.2) is 0 Å². The maximum absolute atomic E-state index is 11.8. The third-order valence-corrected chi connectivity index (χ3v) is 4.16. The minimum absolute atomic E-state index is 0.318. The van der Waals surface area contributed by atoms with E-state index in [1.54, 1.807) is 27.7 Å². The molecule has 2 N–H and O–H groups in total. The maximum atomic E-state index is 11.8. The predicted molar refractivity (Wildman–Crippen MR) is 68.6 cm³/mol. The van der Waals surface area contributed by atoms with Gasteiger partial charge in [-0.2, -0.15) is 0 Å². The fourth-order valence-electron chi connectivity index (χ4n) is 2.82. The van der Waals surface area contributed by atoms with E-state index >= 15 is 0 Å². The maximum Gasteiger partial charge on any atom is 0.312 e. The quantitative estimate of drug-likeness (QED) is 0.729. The number of carbonyl (C=O) groups is 2. The molecule has 114 valence electrons. The topological polar surface area (TPSA) is 93.1 Å². The lowest BCUT2D eigenvalue weighted by Crippen LogP contribution is -2.34. The van der Waals surface area contributed by atoms with E-state index in [1.807, 2.05) is 0 Å². The van der Waals surface area contributed by atoms with Crippen molar-refractivity contribution >= 4 is 11.9 Å². The molecular formula is C14H22O6. The van der Waals surface area contributed by atoms with Crippen molar-refractivity contribution in [2.45, 2.75) is 63.9 Å². The second-order valence-electron chi connectivity index (χ2n) is 6.83. The summed E-state index contributed by atoms with van der Waals surface area (Å²) < 4.78 is 10.5. The highest BCUT2D eigenvalue weighted by Gasteiger charge is 2.52. The number of aliphatic hydroxyl groups is 2. The number of hydrogen-bond acceptors (Lipinski definition) is 6. The van der Waals surface area contributed by atoms with Crippen LogP contribution in [0.2, 0.25) is 0 Å². The summed E-state index contributed by atoms with van der Waals surface area (Å²) in [6.45, 7) is 6.23. The molecule has 0 aromatic carbocycles. The molecule has 0 aromatic rings. The lowest BCUT2D eigenvalue weighted by molar-refractivity contribution is -0.159. The second-order valence-corrected chi connectivity index (χ2v) is 6.83. The van der Waals surface area contributed by atoms with Crippen LogP contribution >= 0.6 is 0 Å². The van der Waals surface area contributed by atoms with Gasteiger partial charge in [0.25, 0.3) is 0 Å². The van der Waals surface area contributed by atoms with Crippen LogP contribution in [0.3, 0.4) is 0 Å².